The molecule has 0 bridgehead atoms. The van der Waals surface area contributed by atoms with Gasteiger partial charge >= 0.3 is 0 Å². The highest BCUT2D eigenvalue weighted by Gasteiger charge is 2.36. The van der Waals surface area contributed by atoms with Gasteiger partial charge in [-0.3, -0.25) is 0 Å². The van der Waals surface area contributed by atoms with Crippen LogP contribution in [-0.4, -0.2) is 30.4 Å². The summed E-state index contributed by atoms with van der Waals surface area (Å²) >= 11 is 0. The van der Waals surface area contributed by atoms with Crippen molar-refractivity contribution in [3.05, 3.63) is 0 Å². The molecule has 0 amide bonds. The van der Waals surface area contributed by atoms with E-state index in [1.54, 1.807) is 0 Å². The summed E-state index contributed by atoms with van der Waals surface area (Å²) in [5.74, 6) is 0. The van der Waals surface area contributed by atoms with Crippen LogP contribution < -0.4 is 0 Å². The summed E-state index contributed by atoms with van der Waals surface area (Å²) in [7, 11) is -1.04. The fourth-order valence-corrected chi connectivity index (χ4v) is 0. The Bertz CT molecular complexity index is 63.5. The molecule has 2 heteroatoms. The van der Waals surface area contributed by atoms with Crippen LogP contribution in [0.25, 0.3) is 0 Å². The van der Waals surface area contributed by atoms with E-state index >= 15 is 0 Å². The van der Waals surface area contributed by atoms with Crippen LogP contribution in [0.3, 0.4) is 0 Å². The fraction of sp³-hybridized carbons (Fsp3) is 1.00. The third-order valence-corrected chi connectivity index (χ3v) is 4.92. The zero-order valence-corrected chi connectivity index (χ0v) is 7.29. The molecule has 0 unspecified atom stereocenters. The van der Waals surface area contributed by atoms with Crippen molar-refractivity contribution in [1.82, 2.24) is 0 Å². The molecule has 0 saturated carbocycles. The standard InChI is InChI=1S/C6H16OP/c1-6(2,7)8(3,4)5/h7H,1-5H3/q+1. The van der Waals surface area contributed by atoms with Gasteiger partial charge in [-0.2, -0.15) is 0 Å². The predicted octanol–water partition coefficient (Wildman–Crippen LogP) is 1.62. The van der Waals surface area contributed by atoms with Crippen LogP contribution in [0.1, 0.15) is 13.8 Å². The first-order valence-electron chi connectivity index (χ1n) is 2.79. The summed E-state index contributed by atoms with van der Waals surface area (Å²) in [6.45, 7) is 10.1. The first-order chi connectivity index (χ1) is 3.25. The van der Waals surface area contributed by atoms with Gasteiger partial charge in [0, 0.05) is 7.26 Å². The maximum atomic E-state index is 9.40. The van der Waals surface area contributed by atoms with E-state index in [1.165, 1.54) is 0 Å². The minimum Gasteiger partial charge on any atom is -0.357 e. The normalized spacial score (nSPS) is 14.2. The SMILES string of the molecule is CC(C)(O)[P+](C)(C)C. The fourth-order valence-electron chi connectivity index (χ4n) is 0. The minimum atomic E-state index is -1.04. The van der Waals surface area contributed by atoms with Crippen molar-refractivity contribution >= 4 is 7.26 Å². The summed E-state index contributed by atoms with van der Waals surface area (Å²) < 4.78 is 0. The second-order valence-corrected chi connectivity index (χ2v) is 8.63. The number of aliphatic hydroxyl groups is 1. The van der Waals surface area contributed by atoms with Crippen LogP contribution in [0.5, 0.6) is 0 Å². The molecule has 8 heavy (non-hydrogen) atoms. The molecule has 0 aliphatic carbocycles. The Balaban J connectivity index is 4.02. The molecule has 0 aromatic rings. The van der Waals surface area contributed by atoms with Crippen LogP contribution in [0.2, 0.25) is 0 Å². The average molecular weight is 135 g/mol. The molecule has 1 N–H and O–H groups in total. The molecule has 0 aliphatic rings. The third kappa shape index (κ3) is 2.11. The summed E-state index contributed by atoms with van der Waals surface area (Å²) in [5, 5.41) is 8.95. The van der Waals surface area contributed by atoms with Crippen LogP contribution in [-0.2, 0) is 0 Å². The highest BCUT2D eigenvalue weighted by molar-refractivity contribution is 7.74. The lowest BCUT2D eigenvalue weighted by Gasteiger charge is -2.25. The van der Waals surface area contributed by atoms with Crippen LogP contribution in [0.15, 0.2) is 0 Å². The minimum absolute atomic E-state index is 0.451. The van der Waals surface area contributed by atoms with Gasteiger partial charge in [0.15, 0.2) is 5.34 Å². The van der Waals surface area contributed by atoms with Gasteiger partial charge in [-0.05, 0) is 13.8 Å². The molecule has 0 saturated heterocycles. The maximum Gasteiger partial charge on any atom is 0.167 e. The Hall–Kier alpha value is 0.390. The summed E-state index contributed by atoms with van der Waals surface area (Å²) in [4.78, 5) is 0. The number of hydrogen-bond acceptors (Lipinski definition) is 1. The molecule has 1 nitrogen and oxygen atoms in total. The second kappa shape index (κ2) is 1.97. The largest absolute Gasteiger partial charge is 0.357 e. The zero-order valence-electron chi connectivity index (χ0n) is 6.39. The molecule has 50 valence electrons. The molecule has 0 aliphatic heterocycles. The van der Waals surface area contributed by atoms with Crippen molar-refractivity contribution in [3.63, 3.8) is 0 Å². The molecule has 0 fully saturated rings. The quantitative estimate of drug-likeness (QED) is 0.542. The van der Waals surface area contributed by atoms with Gasteiger partial charge in [0.05, 0.1) is 20.0 Å². The molecule has 0 radical (unpaired) electrons. The molecule has 0 aromatic heterocycles. The Labute approximate surface area is 52.4 Å². The first kappa shape index (κ1) is 8.39. The Morgan fingerprint density at radius 2 is 1.25 bits per heavy atom. The van der Waals surface area contributed by atoms with E-state index in [9.17, 15) is 5.11 Å². The Morgan fingerprint density at radius 3 is 1.25 bits per heavy atom. The van der Waals surface area contributed by atoms with Gasteiger partial charge in [0.25, 0.3) is 0 Å². The lowest BCUT2D eigenvalue weighted by Crippen LogP contribution is -2.21. The smallest absolute Gasteiger partial charge is 0.167 e. The van der Waals surface area contributed by atoms with Crippen LogP contribution in [0, 0.1) is 0 Å². The van der Waals surface area contributed by atoms with Gasteiger partial charge in [0.1, 0.15) is 0 Å². The first-order valence-corrected chi connectivity index (χ1v) is 5.92. The van der Waals surface area contributed by atoms with Crippen molar-refractivity contribution in [2.75, 3.05) is 20.0 Å². The average Bonchev–Trinajstić information content (AvgIpc) is 1.25. The lowest BCUT2D eigenvalue weighted by atomic mass is 10.5. The highest BCUT2D eigenvalue weighted by Crippen LogP contribution is 2.57. The number of hydrogen-bond donors (Lipinski definition) is 1. The molecule has 0 aromatic carbocycles. The van der Waals surface area contributed by atoms with E-state index in [2.05, 4.69) is 20.0 Å². The molecule has 0 heterocycles. The third-order valence-electron chi connectivity index (χ3n) is 1.64. The van der Waals surface area contributed by atoms with E-state index in [0.717, 1.165) is 0 Å². The van der Waals surface area contributed by atoms with Crippen molar-refractivity contribution < 1.29 is 5.11 Å². The summed E-state index contributed by atoms with van der Waals surface area (Å²) in [5.41, 5.74) is 0. The van der Waals surface area contributed by atoms with Gasteiger partial charge in [0.2, 0.25) is 0 Å². The van der Waals surface area contributed by atoms with E-state index < -0.39 is 12.6 Å². The van der Waals surface area contributed by atoms with E-state index in [-0.39, 0.29) is 0 Å². The summed E-state index contributed by atoms with van der Waals surface area (Å²) in [6, 6.07) is 0. The lowest BCUT2D eigenvalue weighted by molar-refractivity contribution is 0.170. The second-order valence-electron chi connectivity index (χ2n) is 3.51. The van der Waals surface area contributed by atoms with Gasteiger partial charge < -0.3 is 5.11 Å². The maximum absolute atomic E-state index is 9.40. The monoisotopic (exact) mass is 135 g/mol. The van der Waals surface area contributed by atoms with Gasteiger partial charge in [-0.25, -0.2) is 0 Å². The van der Waals surface area contributed by atoms with E-state index in [1.807, 2.05) is 13.8 Å². The zero-order chi connectivity index (χ0) is 7.00. The summed E-state index contributed by atoms with van der Waals surface area (Å²) in [6.07, 6.45) is 0. The Morgan fingerprint density at radius 1 is 1.12 bits per heavy atom. The topological polar surface area (TPSA) is 20.2 Å². The van der Waals surface area contributed by atoms with Crippen molar-refractivity contribution in [3.8, 4) is 0 Å². The molecule has 0 atom stereocenters. The highest BCUT2D eigenvalue weighted by atomic mass is 31.2. The van der Waals surface area contributed by atoms with Gasteiger partial charge in [-0.15, -0.1) is 0 Å². The molecular formula is C6H16OP+. The molecule has 0 rings (SSSR count). The predicted molar refractivity (Wildman–Crippen MR) is 41.0 cm³/mol. The Kier molecular flexibility index (Phi) is 2.06. The van der Waals surface area contributed by atoms with Crippen molar-refractivity contribution in [1.29, 1.82) is 0 Å². The van der Waals surface area contributed by atoms with E-state index in [4.69, 9.17) is 0 Å². The number of rotatable bonds is 1. The van der Waals surface area contributed by atoms with Gasteiger partial charge in [-0.1, -0.05) is 0 Å². The van der Waals surface area contributed by atoms with Crippen molar-refractivity contribution in [2.24, 2.45) is 0 Å². The van der Waals surface area contributed by atoms with Crippen molar-refractivity contribution in [2.45, 2.75) is 19.2 Å². The molecular weight excluding hydrogens is 119 g/mol. The van der Waals surface area contributed by atoms with Crippen LogP contribution in [0.4, 0.5) is 0 Å². The van der Waals surface area contributed by atoms with Crippen LogP contribution >= 0.6 is 7.26 Å². The van der Waals surface area contributed by atoms with E-state index in [0.29, 0.717) is 0 Å². The molecule has 0 spiro atoms.